The summed E-state index contributed by atoms with van der Waals surface area (Å²) in [5, 5.41) is 29.6. The third-order valence-electron chi connectivity index (χ3n) is 3.18. The summed E-state index contributed by atoms with van der Waals surface area (Å²) in [6.07, 6.45) is -4.34. The maximum absolute atomic E-state index is 11.7. The molecular weight excluding hydrogens is 282 g/mol. The van der Waals surface area contributed by atoms with Crippen molar-refractivity contribution in [1.29, 1.82) is 0 Å². The lowest BCUT2D eigenvalue weighted by Crippen LogP contribution is -2.65. The molecule has 0 amide bonds. The molecule has 8 nitrogen and oxygen atoms in total. The minimum absolute atomic E-state index is 0.0414. The van der Waals surface area contributed by atoms with Gasteiger partial charge in [-0.25, -0.2) is 9.59 Å². The Balaban J connectivity index is 2.53. The van der Waals surface area contributed by atoms with Crippen molar-refractivity contribution in [3.05, 3.63) is 35.9 Å². The highest BCUT2D eigenvalue weighted by Gasteiger charge is 2.57. The van der Waals surface area contributed by atoms with Crippen LogP contribution in [0.4, 0.5) is 0 Å². The molecule has 1 aromatic carbocycles. The molecule has 4 atom stereocenters. The first-order valence-corrected chi connectivity index (χ1v) is 6.07. The number of hydrogen-bond donors (Lipinski definition) is 4. The molecule has 2 unspecified atom stereocenters. The standard InChI is InChI=1S/C13H15NO7/c1-12(14)13(19,7-5-3-2-4-6-7)21-11(18)9(16)8(15)10(17)20-12/h2-6,8-9,15-16,19H,14H2,1H3/t8?,9?,12-,13+/m1/s1. The first-order valence-electron chi connectivity index (χ1n) is 6.07. The van der Waals surface area contributed by atoms with E-state index < -0.39 is 35.7 Å². The fraction of sp³-hybridized carbons (Fsp3) is 0.385. The van der Waals surface area contributed by atoms with Crippen LogP contribution in [-0.4, -0.2) is 45.2 Å². The topological polar surface area (TPSA) is 139 Å². The Morgan fingerprint density at radius 2 is 1.52 bits per heavy atom. The van der Waals surface area contributed by atoms with Crippen molar-refractivity contribution in [3.63, 3.8) is 0 Å². The molecule has 2 rings (SSSR count). The SMILES string of the molecule is C[C@@]1(N)OC(=O)C(O)C(O)C(=O)O[C@@]1(O)c1ccccc1. The van der Waals surface area contributed by atoms with E-state index in [-0.39, 0.29) is 5.56 Å². The largest absolute Gasteiger partial charge is 0.435 e. The molecule has 0 saturated carbocycles. The minimum Gasteiger partial charge on any atom is -0.435 e. The second-order valence-corrected chi connectivity index (χ2v) is 4.85. The van der Waals surface area contributed by atoms with E-state index in [1.807, 2.05) is 0 Å². The van der Waals surface area contributed by atoms with Crippen molar-refractivity contribution in [1.82, 2.24) is 0 Å². The van der Waals surface area contributed by atoms with E-state index >= 15 is 0 Å². The van der Waals surface area contributed by atoms with Crippen LogP contribution in [0.2, 0.25) is 0 Å². The number of carbonyl (C=O) groups is 2. The van der Waals surface area contributed by atoms with Crippen molar-refractivity contribution in [3.8, 4) is 0 Å². The predicted octanol–water partition coefficient (Wildman–Crippen LogP) is -1.67. The molecule has 1 fully saturated rings. The van der Waals surface area contributed by atoms with Crippen molar-refractivity contribution in [2.24, 2.45) is 5.73 Å². The van der Waals surface area contributed by atoms with Gasteiger partial charge in [0.1, 0.15) is 0 Å². The van der Waals surface area contributed by atoms with Crippen LogP contribution in [0.5, 0.6) is 0 Å². The number of nitrogens with two attached hydrogens (primary N) is 1. The number of ether oxygens (including phenoxy) is 2. The van der Waals surface area contributed by atoms with Gasteiger partial charge >= 0.3 is 11.9 Å². The molecular formula is C13H15NO7. The number of aliphatic hydroxyl groups is 3. The van der Waals surface area contributed by atoms with Gasteiger partial charge in [0.2, 0.25) is 5.72 Å². The molecule has 0 radical (unpaired) electrons. The van der Waals surface area contributed by atoms with Gasteiger partial charge in [0.25, 0.3) is 5.79 Å². The maximum atomic E-state index is 11.7. The van der Waals surface area contributed by atoms with E-state index in [0.717, 1.165) is 6.92 Å². The van der Waals surface area contributed by atoms with E-state index in [9.17, 15) is 24.9 Å². The summed E-state index contributed by atoms with van der Waals surface area (Å²) in [7, 11) is 0. The molecule has 0 bridgehead atoms. The molecule has 0 aromatic heterocycles. The fourth-order valence-electron chi connectivity index (χ4n) is 1.91. The van der Waals surface area contributed by atoms with Crippen molar-refractivity contribution in [2.75, 3.05) is 0 Å². The second kappa shape index (κ2) is 5.08. The smallest absolute Gasteiger partial charge is 0.341 e. The van der Waals surface area contributed by atoms with Crippen LogP contribution < -0.4 is 5.73 Å². The molecule has 1 saturated heterocycles. The lowest BCUT2D eigenvalue weighted by Gasteiger charge is -2.42. The summed E-state index contributed by atoms with van der Waals surface area (Å²) in [4.78, 5) is 23.4. The molecule has 1 heterocycles. The zero-order valence-electron chi connectivity index (χ0n) is 11.1. The molecule has 8 heteroatoms. The molecule has 21 heavy (non-hydrogen) atoms. The van der Waals surface area contributed by atoms with Gasteiger partial charge < -0.3 is 24.8 Å². The van der Waals surface area contributed by atoms with Crippen LogP contribution in [-0.2, 0) is 24.8 Å². The highest BCUT2D eigenvalue weighted by atomic mass is 16.7. The highest BCUT2D eigenvalue weighted by Crippen LogP contribution is 2.36. The second-order valence-electron chi connectivity index (χ2n) is 4.85. The Kier molecular flexibility index (Phi) is 3.72. The van der Waals surface area contributed by atoms with Crippen LogP contribution in [0.25, 0.3) is 0 Å². The summed E-state index contributed by atoms with van der Waals surface area (Å²) >= 11 is 0. The number of rotatable bonds is 1. The third kappa shape index (κ3) is 2.49. The Hall–Kier alpha value is -2.00. The summed E-state index contributed by atoms with van der Waals surface area (Å²) in [6.45, 7) is 1.11. The summed E-state index contributed by atoms with van der Waals surface area (Å²) in [6, 6.07) is 7.54. The lowest BCUT2D eigenvalue weighted by atomic mass is 9.95. The number of aliphatic hydroxyl groups excluding tert-OH is 2. The van der Waals surface area contributed by atoms with Crippen molar-refractivity contribution >= 4 is 11.9 Å². The van der Waals surface area contributed by atoms with E-state index in [2.05, 4.69) is 0 Å². The van der Waals surface area contributed by atoms with Gasteiger partial charge in [-0.2, -0.15) is 0 Å². The summed E-state index contributed by atoms with van der Waals surface area (Å²) in [5.41, 5.74) is 3.62. The van der Waals surface area contributed by atoms with Crippen molar-refractivity contribution in [2.45, 2.75) is 30.6 Å². The van der Waals surface area contributed by atoms with Gasteiger partial charge in [-0.15, -0.1) is 0 Å². The minimum atomic E-state index is -2.53. The van der Waals surface area contributed by atoms with Gasteiger partial charge in [-0.1, -0.05) is 30.3 Å². The molecule has 1 aromatic rings. The quantitative estimate of drug-likeness (QED) is 0.451. The first kappa shape index (κ1) is 15.4. The maximum Gasteiger partial charge on any atom is 0.341 e. The number of hydrogen-bond acceptors (Lipinski definition) is 8. The first-order chi connectivity index (χ1) is 9.69. The number of cyclic esters (lactones) is 2. The summed E-state index contributed by atoms with van der Waals surface area (Å²) < 4.78 is 9.60. The Morgan fingerprint density at radius 1 is 1.05 bits per heavy atom. The van der Waals surface area contributed by atoms with Crippen LogP contribution in [0.15, 0.2) is 30.3 Å². The molecule has 1 aliphatic rings. The molecule has 1 aliphatic heterocycles. The number of carbonyl (C=O) groups excluding carboxylic acids is 2. The lowest BCUT2D eigenvalue weighted by molar-refractivity contribution is -0.308. The number of benzene rings is 1. The summed E-state index contributed by atoms with van der Waals surface area (Å²) in [5.74, 6) is -5.28. The average molecular weight is 297 g/mol. The van der Waals surface area contributed by atoms with Gasteiger partial charge in [-0.3, -0.25) is 5.73 Å². The number of esters is 2. The van der Waals surface area contributed by atoms with Gasteiger partial charge in [-0.05, 0) is 6.92 Å². The van der Waals surface area contributed by atoms with E-state index in [1.54, 1.807) is 18.2 Å². The van der Waals surface area contributed by atoms with E-state index in [1.165, 1.54) is 12.1 Å². The van der Waals surface area contributed by atoms with Crippen molar-refractivity contribution < 1.29 is 34.4 Å². The van der Waals surface area contributed by atoms with Crippen LogP contribution in [0.1, 0.15) is 12.5 Å². The Bertz CT molecular complexity index is 559. The van der Waals surface area contributed by atoms with E-state index in [0.29, 0.717) is 0 Å². The zero-order chi connectivity index (χ0) is 15.8. The Morgan fingerprint density at radius 3 is 2.05 bits per heavy atom. The van der Waals surface area contributed by atoms with Gasteiger partial charge in [0.05, 0.1) is 0 Å². The normalized spacial score (nSPS) is 37.2. The predicted molar refractivity (Wildman–Crippen MR) is 67.1 cm³/mol. The Labute approximate surface area is 119 Å². The average Bonchev–Trinajstić information content (AvgIpc) is 2.44. The highest BCUT2D eigenvalue weighted by molar-refractivity contribution is 5.86. The van der Waals surface area contributed by atoms with Crippen LogP contribution in [0.3, 0.4) is 0 Å². The molecule has 0 spiro atoms. The van der Waals surface area contributed by atoms with Crippen LogP contribution in [0, 0.1) is 0 Å². The van der Waals surface area contributed by atoms with Gasteiger partial charge in [0, 0.05) is 5.56 Å². The zero-order valence-corrected chi connectivity index (χ0v) is 11.1. The van der Waals surface area contributed by atoms with Crippen LogP contribution >= 0.6 is 0 Å². The molecule has 5 N–H and O–H groups in total. The molecule has 114 valence electrons. The third-order valence-corrected chi connectivity index (χ3v) is 3.18. The monoisotopic (exact) mass is 297 g/mol. The molecule has 0 aliphatic carbocycles. The van der Waals surface area contributed by atoms with Gasteiger partial charge in [0.15, 0.2) is 12.2 Å². The fourth-order valence-corrected chi connectivity index (χ4v) is 1.91. The van der Waals surface area contributed by atoms with E-state index in [4.69, 9.17) is 15.2 Å².